The van der Waals surface area contributed by atoms with Crippen molar-refractivity contribution in [1.29, 1.82) is 0 Å². The molecule has 18 heavy (non-hydrogen) atoms. The molecular formula is C11H11F2NO4. The van der Waals surface area contributed by atoms with E-state index >= 15 is 0 Å². The van der Waals surface area contributed by atoms with Gasteiger partial charge < -0.3 is 15.6 Å². The van der Waals surface area contributed by atoms with Crippen molar-refractivity contribution in [3.05, 3.63) is 29.8 Å². The zero-order valence-electron chi connectivity index (χ0n) is 9.39. The Balaban J connectivity index is 2.87. The van der Waals surface area contributed by atoms with Crippen LogP contribution in [0.2, 0.25) is 0 Å². The van der Waals surface area contributed by atoms with E-state index in [1.165, 1.54) is 6.92 Å². The molecule has 0 aliphatic carbocycles. The summed E-state index contributed by atoms with van der Waals surface area (Å²) in [6.07, 6.45) is 0. The van der Waals surface area contributed by atoms with Gasteiger partial charge in [0.25, 0.3) is 0 Å². The van der Waals surface area contributed by atoms with Crippen molar-refractivity contribution in [3.8, 4) is 5.75 Å². The average molecular weight is 259 g/mol. The highest BCUT2D eigenvalue weighted by atomic mass is 19.3. The van der Waals surface area contributed by atoms with Crippen molar-refractivity contribution in [2.75, 3.05) is 0 Å². The summed E-state index contributed by atoms with van der Waals surface area (Å²) < 4.78 is 30.9. The molecule has 7 heteroatoms. The quantitative estimate of drug-likeness (QED) is 0.624. The lowest BCUT2D eigenvalue weighted by Crippen LogP contribution is -2.31. The first-order chi connectivity index (χ1) is 8.25. The molecule has 1 atom stereocenters. The van der Waals surface area contributed by atoms with Crippen LogP contribution in [0.5, 0.6) is 5.75 Å². The first-order valence-electron chi connectivity index (χ1n) is 4.94. The Kier molecular flexibility index (Phi) is 3.97. The largest absolute Gasteiger partial charge is 0.477 e. The lowest BCUT2D eigenvalue weighted by Gasteiger charge is -2.12. The Bertz CT molecular complexity index is 457. The van der Waals surface area contributed by atoms with Gasteiger partial charge in [0.2, 0.25) is 0 Å². The van der Waals surface area contributed by atoms with Gasteiger partial charge in [0.15, 0.2) is 0 Å². The summed E-state index contributed by atoms with van der Waals surface area (Å²) >= 11 is 0. The van der Waals surface area contributed by atoms with Gasteiger partial charge in [-0.15, -0.1) is 0 Å². The molecule has 0 saturated carbocycles. The Labute approximate surface area is 101 Å². The van der Waals surface area contributed by atoms with E-state index in [2.05, 4.69) is 0 Å². The summed E-state index contributed by atoms with van der Waals surface area (Å²) in [5.74, 6) is -6.93. The number of nitrogens with two attached hydrogens (primary N) is 1. The summed E-state index contributed by atoms with van der Waals surface area (Å²) in [6, 6.07) is 3.06. The van der Waals surface area contributed by atoms with Crippen LogP contribution < -0.4 is 10.5 Å². The molecule has 5 nitrogen and oxygen atoms in total. The molecule has 98 valence electrons. The van der Waals surface area contributed by atoms with Crippen LogP contribution in [0, 0.1) is 0 Å². The van der Waals surface area contributed by atoms with Gasteiger partial charge in [0, 0.05) is 5.56 Å². The molecule has 0 bridgehead atoms. The van der Waals surface area contributed by atoms with E-state index in [-0.39, 0.29) is 5.75 Å². The van der Waals surface area contributed by atoms with Gasteiger partial charge in [0.1, 0.15) is 11.8 Å². The monoisotopic (exact) mass is 259 g/mol. The standard InChI is InChI=1S/C11H11F2NO4/c1-6(14)9(15)18-8-4-2-7(3-5-8)11(12,13)10(16)17/h2-6H,14H2,1H3,(H,16,17)/t6-/m0/s1. The molecule has 3 N–H and O–H groups in total. The van der Waals surface area contributed by atoms with Gasteiger partial charge in [-0.1, -0.05) is 0 Å². The molecular weight excluding hydrogens is 248 g/mol. The summed E-state index contributed by atoms with van der Waals surface area (Å²) in [7, 11) is 0. The van der Waals surface area contributed by atoms with Gasteiger partial charge in [-0.2, -0.15) is 8.78 Å². The normalized spacial score (nSPS) is 12.9. The average Bonchev–Trinajstić information content (AvgIpc) is 2.29. The number of hydrogen-bond acceptors (Lipinski definition) is 4. The molecule has 1 aromatic carbocycles. The Hall–Kier alpha value is -2.02. The predicted molar refractivity (Wildman–Crippen MR) is 57.3 cm³/mol. The van der Waals surface area contributed by atoms with E-state index in [9.17, 15) is 18.4 Å². The van der Waals surface area contributed by atoms with Gasteiger partial charge in [-0.3, -0.25) is 0 Å². The second kappa shape index (κ2) is 5.09. The molecule has 1 rings (SSSR count). The fourth-order valence-corrected chi connectivity index (χ4v) is 1.06. The molecule has 0 aromatic heterocycles. The number of hydrogen-bond donors (Lipinski definition) is 2. The van der Waals surface area contributed by atoms with Crippen LogP contribution in [-0.2, 0) is 15.5 Å². The van der Waals surface area contributed by atoms with Gasteiger partial charge in [-0.05, 0) is 31.2 Å². The van der Waals surface area contributed by atoms with Crippen LogP contribution in [0.15, 0.2) is 24.3 Å². The van der Waals surface area contributed by atoms with Crippen molar-refractivity contribution >= 4 is 11.9 Å². The second-order valence-electron chi connectivity index (χ2n) is 3.61. The number of carbonyl (C=O) groups excluding carboxylic acids is 1. The lowest BCUT2D eigenvalue weighted by molar-refractivity contribution is -0.166. The number of aliphatic carboxylic acids is 1. The molecule has 0 heterocycles. The number of halogens is 2. The van der Waals surface area contributed by atoms with Gasteiger partial charge in [-0.25, -0.2) is 9.59 Å². The maximum atomic E-state index is 13.1. The number of carboxylic acid groups (broad SMARTS) is 1. The maximum Gasteiger partial charge on any atom is 0.379 e. The second-order valence-corrected chi connectivity index (χ2v) is 3.61. The number of ether oxygens (including phenoxy) is 1. The molecule has 1 aromatic rings. The number of benzene rings is 1. The molecule has 0 aliphatic heterocycles. The Morgan fingerprint density at radius 3 is 2.22 bits per heavy atom. The smallest absolute Gasteiger partial charge is 0.379 e. The van der Waals surface area contributed by atoms with Crippen LogP contribution in [0.25, 0.3) is 0 Å². The number of carbonyl (C=O) groups is 2. The predicted octanol–water partition coefficient (Wildman–Crippen LogP) is 1.12. The molecule has 0 radical (unpaired) electrons. The van der Waals surface area contributed by atoms with Crippen molar-refractivity contribution < 1.29 is 28.2 Å². The number of carboxylic acids is 1. The fraction of sp³-hybridized carbons (Fsp3) is 0.273. The third-order valence-electron chi connectivity index (χ3n) is 2.08. The van der Waals surface area contributed by atoms with E-state index in [0.29, 0.717) is 0 Å². The minimum absolute atomic E-state index is 0.0160. The van der Waals surface area contributed by atoms with Gasteiger partial charge >= 0.3 is 17.9 Å². The molecule has 0 aliphatic rings. The minimum atomic E-state index is -3.98. The van der Waals surface area contributed by atoms with E-state index in [1.54, 1.807) is 0 Å². The highest BCUT2D eigenvalue weighted by Crippen LogP contribution is 2.29. The molecule has 0 fully saturated rings. The molecule has 0 spiro atoms. The lowest BCUT2D eigenvalue weighted by atomic mass is 10.1. The Morgan fingerprint density at radius 2 is 1.83 bits per heavy atom. The molecule has 0 unspecified atom stereocenters. The van der Waals surface area contributed by atoms with Crippen molar-refractivity contribution in [2.24, 2.45) is 5.73 Å². The van der Waals surface area contributed by atoms with Crippen molar-refractivity contribution in [2.45, 2.75) is 18.9 Å². The van der Waals surface area contributed by atoms with Crippen molar-refractivity contribution in [1.82, 2.24) is 0 Å². The van der Waals surface area contributed by atoms with E-state index in [0.717, 1.165) is 24.3 Å². The summed E-state index contributed by atoms with van der Waals surface area (Å²) in [6.45, 7) is 1.41. The topological polar surface area (TPSA) is 89.6 Å². The fourth-order valence-electron chi connectivity index (χ4n) is 1.06. The van der Waals surface area contributed by atoms with Crippen LogP contribution in [0.3, 0.4) is 0 Å². The third-order valence-corrected chi connectivity index (χ3v) is 2.08. The van der Waals surface area contributed by atoms with E-state index in [1.807, 2.05) is 0 Å². The summed E-state index contributed by atoms with van der Waals surface area (Å²) in [5.41, 5.74) is 4.55. The number of rotatable bonds is 4. The summed E-state index contributed by atoms with van der Waals surface area (Å²) in [5, 5.41) is 8.33. The maximum absolute atomic E-state index is 13.1. The first kappa shape index (κ1) is 14.0. The highest BCUT2D eigenvalue weighted by Gasteiger charge is 2.40. The van der Waals surface area contributed by atoms with Crippen LogP contribution in [0.1, 0.15) is 12.5 Å². The van der Waals surface area contributed by atoms with Crippen molar-refractivity contribution in [3.63, 3.8) is 0 Å². The van der Waals surface area contributed by atoms with Gasteiger partial charge in [0.05, 0.1) is 0 Å². The molecule has 0 saturated heterocycles. The minimum Gasteiger partial charge on any atom is -0.477 e. The van der Waals surface area contributed by atoms with Crippen LogP contribution >= 0.6 is 0 Å². The number of esters is 1. The van der Waals surface area contributed by atoms with Crippen LogP contribution in [0.4, 0.5) is 8.78 Å². The Morgan fingerprint density at radius 1 is 1.33 bits per heavy atom. The van der Waals surface area contributed by atoms with E-state index < -0.39 is 29.5 Å². The SMILES string of the molecule is C[C@H](N)C(=O)Oc1ccc(C(F)(F)C(=O)O)cc1. The summed E-state index contributed by atoms with van der Waals surface area (Å²) in [4.78, 5) is 21.4. The zero-order chi connectivity index (χ0) is 13.9. The van der Waals surface area contributed by atoms with E-state index in [4.69, 9.17) is 15.6 Å². The zero-order valence-corrected chi connectivity index (χ0v) is 9.39. The highest BCUT2D eigenvalue weighted by molar-refractivity contribution is 5.78. The first-order valence-corrected chi connectivity index (χ1v) is 4.94. The molecule has 0 amide bonds. The number of alkyl halides is 2. The third kappa shape index (κ3) is 3.01. The van der Waals surface area contributed by atoms with Crippen LogP contribution in [-0.4, -0.2) is 23.1 Å².